The van der Waals surface area contributed by atoms with Crippen molar-refractivity contribution in [3.8, 4) is 0 Å². The number of carbonyl (C=O) groups is 1. The molecule has 5 rings (SSSR count). The molecule has 1 aromatic carbocycles. The molecule has 3 N–H and O–H groups in total. The van der Waals surface area contributed by atoms with Crippen LogP contribution in [0, 0.1) is 11.8 Å². The van der Waals surface area contributed by atoms with E-state index in [0.717, 1.165) is 50.7 Å². The number of carbonyl (C=O) groups excluding carboxylic acids is 1. The van der Waals surface area contributed by atoms with Gasteiger partial charge in [0.2, 0.25) is 5.91 Å². The molecule has 0 bridgehead atoms. The third-order valence-corrected chi connectivity index (χ3v) is 7.27. The standard InChI is InChI=1S/C24H30F3N5O2/c25-24(26,27)16-5-8-20-19(9-16)23(30-13-29-20)28-10-21(33)31-17-11-32(12-17)18-6-3-15(4-7-18)22(34)14-1-2-14/h5,8-9,13-15,17-18,22,34H,1-4,6-7,10-12H2,(H,31,33)(H,28,29,30)/i18D. The van der Waals surface area contributed by atoms with Crippen molar-refractivity contribution in [1.82, 2.24) is 20.2 Å². The number of hydrogen-bond donors (Lipinski definition) is 3. The van der Waals surface area contributed by atoms with Crippen LogP contribution in [0.5, 0.6) is 0 Å². The van der Waals surface area contributed by atoms with E-state index in [0.29, 0.717) is 30.4 Å². The quantitative estimate of drug-likeness (QED) is 0.566. The molecule has 2 aliphatic carbocycles. The SMILES string of the molecule is [2H]C1(N2CC(NC(=O)CNc3ncnc4ccc(C(F)(F)F)cc34)C2)CCC(C(O)C2CC2)CC1. The molecule has 3 aliphatic rings. The van der Waals surface area contributed by atoms with Crippen LogP contribution in [0.4, 0.5) is 19.0 Å². The molecule has 0 radical (unpaired) electrons. The van der Waals surface area contributed by atoms with Crippen LogP contribution < -0.4 is 10.6 Å². The highest BCUT2D eigenvalue weighted by atomic mass is 19.4. The van der Waals surface area contributed by atoms with Crippen molar-refractivity contribution >= 4 is 22.6 Å². The van der Waals surface area contributed by atoms with E-state index >= 15 is 0 Å². The first-order chi connectivity index (χ1) is 16.6. The molecule has 7 nitrogen and oxygen atoms in total. The fourth-order valence-corrected chi connectivity index (χ4v) is 5.10. The van der Waals surface area contributed by atoms with Gasteiger partial charge in [0.15, 0.2) is 0 Å². The number of aliphatic hydroxyl groups excluding tert-OH is 1. The molecule has 0 spiro atoms. The Hall–Kier alpha value is -2.46. The highest BCUT2D eigenvalue weighted by Gasteiger charge is 2.40. The van der Waals surface area contributed by atoms with Gasteiger partial charge in [0.05, 0.1) is 29.8 Å². The summed E-state index contributed by atoms with van der Waals surface area (Å²) in [7, 11) is 0. The average molecular weight is 479 g/mol. The Morgan fingerprint density at radius 2 is 1.82 bits per heavy atom. The minimum atomic E-state index is -4.49. The second kappa shape index (κ2) is 9.30. The molecule has 1 amide bonds. The average Bonchev–Trinajstić information content (AvgIpc) is 3.64. The molecule has 34 heavy (non-hydrogen) atoms. The van der Waals surface area contributed by atoms with Crippen LogP contribution in [0.2, 0.25) is 0 Å². The summed E-state index contributed by atoms with van der Waals surface area (Å²) in [6.45, 7) is 1.05. The van der Waals surface area contributed by atoms with Gasteiger partial charge in [-0.1, -0.05) is 0 Å². The molecule has 10 heteroatoms. The smallest absolute Gasteiger partial charge is 0.393 e. The third-order valence-electron chi connectivity index (χ3n) is 7.27. The van der Waals surface area contributed by atoms with Crippen LogP contribution in [0.1, 0.15) is 45.5 Å². The van der Waals surface area contributed by atoms with Gasteiger partial charge in [0.25, 0.3) is 0 Å². The number of aromatic nitrogens is 2. The second-order valence-corrected chi connectivity index (χ2v) is 9.71. The van der Waals surface area contributed by atoms with E-state index in [1.54, 1.807) is 0 Å². The molecule has 3 fully saturated rings. The number of halogens is 3. The van der Waals surface area contributed by atoms with Gasteiger partial charge < -0.3 is 15.7 Å². The van der Waals surface area contributed by atoms with E-state index in [4.69, 9.17) is 1.37 Å². The van der Waals surface area contributed by atoms with E-state index in [2.05, 4.69) is 25.5 Å². The number of anilines is 1. The van der Waals surface area contributed by atoms with Gasteiger partial charge in [-0.05, 0) is 68.6 Å². The lowest BCUT2D eigenvalue weighted by molar-refractivity contribution is -0.137. The van der Waals surface area contributed by atoms with Gasteiger partial charge in [0, 0.05) is 25.9 Å². The predicted octanol–water partition coefficient (Wildman–Crippen LogP) is 3.19. The van der Waals surface area contributed by atoms with Crippen LogP contribution in [0.3, 0.4) is 0 Å². The summed E-state index contributed by atoms with van der Waals surface area (Å²) >= 11 is 0. The van der Waals surface area contributed by atoms with Crippen molar-refractivity contribution in [2.75, 3.05) is 25.0 Å². The molecule has 184 valence electrons. The summed E-state index contributed by atoms with van der Waals surface area (Å²) in [5, 5.41) is 16.3. The third kappa shape index (κ3) is 5.12. The lowest BCUT2D eigenvalue weighted by Gasteiger charge is -2.47. The normalized spacial score (nSPS) is 27.6. The first kappa shape index (κ1) is 22.0. The van der Waals surface area contributed by atoms with E-state index in [-0.39, 0.29) is 35.8 Å². The predicted molar refractivity (Wildman–Crippen MR) is 121 cm³/mol. The Morgan fingerprint density at radius 3 is 2.47 bits per heavy atom. The summed E-state index contributed by atoms with van der Waals surface area (Å²) < 4.78 is 48.1. The molecule has 1 saturated heterocycles. The minimum Gasteiger partial charge on any atom is -0.393 e. The summed E-state index contributed by atoms with van der Waals surface area (Å²) in [5.41, 5.74) is -0.451. The number of likely N-dealkylation sites (tertiary alicyclic amines) is 1. The summed E-state index contributed by atoms with van der Waals surface area (Å²) in [4.78, 5) is 22.5. The van der Waals surface area contributed by atoms with E-state index in [1.807, 2.05) is 0 Å². The maximum absolute atomic E-state index is 13.1. The molecule has 1 atom stereocenters. The van der Waals surface area contributed by atoms with Gasteiger partial charge in [-0.15, -0.1) is 0 Å². The first-order valence-electron chi connectivity index (χ1n) is 12.4. The number of aliphatic hydroxyl groups is 1. The lowest BCUT2D eigenvalue weighted by atomic mass is 9.80. The fourth-order valence-electron chi connectivity index (χ4n) is 5.10. The van der Waals surface area contributed by atoms with Crippen molar-refractivity contribution in [3.63, 3.8) is 0 Å². The van der Waals surface area contributed by atoms with Crippen molar-refractivity contribution < 1.29 is 24.4 Å². The minimum absolute atomic E-state index is 0.0692. The number of fused-ring (bicyclic) bond motifs is 1. The highest BCUT2D eigenvalue weighted by Crippen LogP contribution is 2.41. The molecule has 2 heterocycles. The van der Waals surface area contributed by atoms with Crippen molar-refractivity contribution in [2.24, 2.45) is 11.8 Å². The zero-order valence-corrected chi connectivity index (χ0v) is 18.8. The summed E-state index contributed by atoms with van der Waals surface area (Å²) in [6, 6.07) is 2.51. The van der Waals surface area contributed by atoms with Crippen LogP contribution >= 0.6 is 0 Å². The van der Waals surface area contributed by atoms with Crippen molar-refractivity contribution in [2.45, 2.75) is 62.9 Å². The van der Waals surface area contributed by atoms with Gasteiger partial charge in [-0.2, -0.15) is 13.2 Å². The topological polar surface area (TPSA) is 90.4 Å². The molecular weight excluding hydrogens is 447 g/mol. The number of rotatable bonds is 7. The van der Waals surface area contributed by atoms with Crippen LogP contribution in [0.15, 0.2) is 24.5 Å². The van der Waals surface area contributed by atoms with Gasteiger partial charge >= 0.3 is 6.18 Å². The maximum Gasteiger partial charge on any atom is 0.416 e. The van der Waals surface area contributed by atoms with Crippen LogP contribution in [0.25, 0.3) is 10.9 Å². The molecule has 2 aromatic rings. The number of nitrogens with one attached hydrogen (secondary N) is 2. The molecule has 1 aliphatic heterocycles. The Labute approximate surface area is 197 Å². The van der Waals surface area contributed by atoms with E-state index in [9.17, 15) is 23.1 Å². The lowest BCUT2D eigenvalue weighted by Crippen LogP contribution is -2.63. The zero-order chi connectivity index (χ0) is 24.8. The second-order valence-electron chi connectivity index (χ2n) is 9.71. The van der Waals surface area contributed by atoms with Gasteiger partial charge in [-0.3, -0.25) is 9.69 Å². The molecule has 2 saturated carbocycles. The molecule has 1 unspecified atom stereocenters. The summed E-state index contributed by atoms with van der Waals surface area (Å²) in [5.74, 6) is 0.641. The number of nitrogens with zero attached hydrogens (tertiary/aromatic N) is 3. The Morgan fingerprint density at radius 1 is 1.15 bits per heavy atom. The van der Waals surface area contributed by atoms with E-state index < -0.39 is 17.8 Å². The van der Waals surface area contributed by atoms with Crippen molar-refractivity contribution in [1.29, 1.82) is 0 Å². The summed E-state index contributed by atoms with van der Waals surface area (Å²) in [6.07, 6.45) is 1.95. The Kier molecular flexibility index (Phi) is 6.02. The first-order valence-corrected chi connectivity index (χ1v) is 11.9. The molecule has 1 aromatic heterocycles. The largest absolute Gasteiger partial charge is 0.416 e. The Bertz CT molecular complexity index is 1080. The number of alkyl halides is 3. The molecular formula is C24H30F3N5O2. The zero-order valence-electron chi connectivity index (χ0n) is 19.8. The maximum atomic E-state index is 13.1. The number of amides is 1. The van der Waals surface area contributed by atoms with Gasteiger partial charge in [-0.25, -0.2) is 9.97 Å². The van der Waals surface area contributed by atoms with Crippen molar-refractivity contribution in [3.05, 3.63) is 30.1 Å². The number of benzene rings is 1. The van der Waals surface area contributed by atoms with Gasteiger partial charge in [0.1, 0.15) is 12.1 Å². The van der Waals surface area contributed by atoms with Crippen LogP contribution in [-0.2, 0) is 11.0 Å². The highest BCUT2D eigenvalue weighted by molar-refractivity contribution is 5.91. The Balaban J connectivity index is 1.10. The number of hydrogen-bond acceptors (Lipinski definition) is 6. The van der Waals surface area contributed by atoms with E-state index in [1.165, 1.54) is 12.4 Å². The van der Waals surface area contributed by atoms with Crippen LogP contribution in [-0.4, -0.2) is 63.7 Å². The monoisotopic (exact) mass is 478 g/mol. The fraction of sp³-hybridized carbons (Fsp3) is 0.625.